The summed E-state index contributed by atoms with van der Waals surface area (Å²) in [5, 5.41) is 1.22. The number of alkyl halides is 1. The molecule has 11 heavy (non-hydrogen) atoms. The van der Waals surface area contributed by atoms with Gasteiger partial charge in [0.25, 0.3) is 0 Å². The number of piperidine rings is 1. The molecule has 0 N–H and O–H groups in total. The number of hydrogen-bond acceptors (Lipinski definition) is 1. The van der Waals surface area contributed by atoms with Crippen molar-refractivity contribution in [1.29, 1.82) is 0 Å². The minimum atomic E-state index is 0.913. The summed E-state index contributed by atoms with van der Waals surface area (Å²) in [5.74, 6) is 0.962. The van der Waals surface area contributed by atoms with Gasteiger partial charge in [0.15, 0.2) is 0 Å². The van der Waals surface area contributed by atoms with Crippen molar-refractivity contribution in [1.82, 2.24) is 4.90 Å². The van der Waals surface area contributed by atoms with Gasteiger partial charge in [0.1, 0.15) is 0 Å². The molecule has 0 aliphatic carbocycles. The SMILES string of the molecule is CN1C2CCC1CC(CBr)C2. The summed E-state index contributed by atoms with van der Waals surface area (Å²) in [5.41, 5.74) is 0. The normalized spacial score (nSPS) is 44.7. The summed E-state index contributed by atoms with van der Waals surface area (Å²) in [6, 6.07) is 1.83. The highest BCUT2D eigenvalue weighted by Gasteiger charge is 2.37. The number of halogens is 1. The minimum absolute atomic E-state index is 0.913. The third-order valence-electron chi connectivity index (χ3n) is 3.41. The van der Waals surface area contributed by atoms with Crippen molar-refractivity contribution in [2.24, 2.45) is 5.92 Å². The summed E-state index contributed by atoms with van der Waals surface area (Å²) < 4.78 is 0. The molecule has 2 heteroatoms. The number of rotatable bonds is 1. The van der Waals surface area contributed by atoms with Gasteiger partial charge < -0.3 is 4.90 Å². The third kappa shape index (κ3) is 1.35. The van der Waals surface area contributed by atoms with Crippen LogP contribution in [0.15, 0.2) is 0 Å². The number of nitrogens with zero attached hydrogens (tertiary/aromatic N) is 1. The van der Waals surface area contributed by atoms with Gasteiger partial charge in [-0.25, -0.2) is 0 Å². The zero-order valence-electron chi connectivity index (χ0n) is 7.09. The van der Waals surface area contributed by atoms with E-state index in [1.165, 1.54) is 31.0 Å². The van der Waals surface area contributed by atoms with Crippen molar-refractivity contribution in [3.05, 3.63) is 0 Å². The molecule has 0 amide bonds. The number of fused-ring (bicyclic) bond motifs is 2. The Hall–Kier alpha value is 0.440. The lowest BCUT2D eigenvalue weighted by atomic mass is 9.93. The molecule has 2 atom stereocenters. The summed E-state index contributed by atoms with van der Waals surface area (Å²) in [7, 11) is 2.30. The van der Waals surface area contributed by atoms with Crippen LogP contribution in [0.1, 0.15) is 25.7 Å². The van der Waals surface area contributed by atoms with E-state index in [-0.39, 0.29) is 0 Å². The monoisotopic (exact) mass is 217 g/mol. The molecule has 0 spiro atoms. The van der Waals surface area contributed by atoms with Crippen LogP contribution in [-0.2, 0) is 0 Å². The van der Waals surface area contributed by atoms with Crippen LogP contribution < -0.4 is 0 Å². The molecule has 2 heterocycles. The maximum atomic E-state index is 3.60. The van der Waals surface area contributed by atoms with E-state index in [1.807, 2.05) is 0 Å². The minimum Gasteiger partial charge on any atom is -0.300 e. The molecule has 0 aromatic carbocycles. The molecule has 0 aromatic rings. The molecule has 0 saturated carbocycles. The van der Waals surface area contributed by atoms with E-state index < -0.39 is 0 Å². The molecule has 0 aromatic heterocycles. The van der Waals surface area contributed by atoms with Gasteiger partial charge in [0.05, 0.1) is 0 Å². The van der Waals surface area contributed by atoms with E-state index in [9.17, 15) is 0 Å². The molecule has 2 rings (SSSR count). The quantitative estimate of drug-likeness (QED) is 0.610. The Bertz CT molecular complexity index is 134. The van der Waals surface area contributed by atoms with Crippen LogP contribution >= 0.6 is 15.9 Å². The summed E-state index contributed by atoms with van der Waals surface area (Å²) in [6.45, 7) is 0. The van der Waals surface area contributed by atoms with Crippen molar-refractivity contribution < 1.29 is 0 Å². The Balaban J connectivity index is 2.02. The smallest absolute Gasteiger partial charge is 0.00986 e. The second-order valence-electron chi connectivity index (χ2n) is 4.04. The Labute approximate surface area is 77.3 Å². The van der Waals surface area contributed by atoms with Crippen LogP contribution in [0, 0.1) is 5.92 Å². The van der Waals surface area contributed by atoms with Crippen molar-refractivity contribution in [3.63, 3.8) is 0 Å². The molecule has 2 bridgehead atoms. The topological polar surface area (TPSA) is 3.24 Å². The molecule has 0 radical (unpaired) electrons. The summed E-state index contributed by atoms with van der Waals surface area (Å²) in [6.07, 6.45) is 5.76. The first kappa shape index (κ1) is 8.06. The molecule has 2 saturated heterocycles. The molecule has 64 valence electrons. The fraction of sp³-hybridized carbons (Fsp3) is 1.00. The Morgan fingerprint density at radius 1 is 1.27 bits per heavy atom. The van der Waals surface area contributed by atoms with Gasteiger partial charge >= 0.3 is 0 Å². The average molecular weight is 218 g/mol. The molecular formula is C9H16BrN. The fourth-order valence-electron chi connectivity index (χ4n) is 2.65. The van der Waals surface area contributed by atoms with E-state index in [1.54, 1.807) is 0 Å². The van der Waals surface area contributed by atoms with Crippen molar-refractivity contribution in [2.45, 2.75) is 37.8 Å². The fourth-order valence-corrected chi connectivity index (χ4v) is 3.18. The third-order valence-corrected chi connectivity index (χ3v) is 4.33. The van der Waals surface area contributed by atoms with E-state index in [0.29, 0.717) is 0 Å². The lowest BCUT2D eigenvalue weighted by Crippen LogP contribution is -2.40. The van der Waals surface area contributed by atoms with Gasteiger partial charge in [-0.05, 0) is 38.6 Å². The zero-order valence-corrected chi connectivity index (χ0v) is 8.68. The van der Waals surface area contributed by atoms with Gasteiger partial charge in [0, 0.05) is 17.4 Å². The van der Waals surface area contributed by atoms with Crippen LogP contribution in [0.4, 0.5) is 0 Å². The van der Waals surface area contributed by atoms with Crippen LogP contribution in [0.25, 0.3) is 0 Å². The van der Waals surface area contributed by atoms with E-state index >= 15 is 0 Å². The van der Waals surface area contributed by atoms with Gasteiger partial charge in [-0.1, -0.05) is 15.9 Å². The second-order valence-corrected chi connectivity index (χ2v) is 4.69. The molecule has 2 aliphatic heterocycles. The van der Waals surface area contributed by atoms with Crippen LogP contribution in [0.2, 0.25) is 0 Å². The molecule has 2 fully saturated rings. The molecule has 2 unspecified atom stereocenters. The first-order valence-corrected chi connectivity index (χ1v) is 5.71. The molecule has 2 aliphatic rings. The highest BCUT2D eigenvalue weighted by Crippen LogP contribution is 2.37. The first-order valence-electron chi connectivity index (χ1n) is 4.59. The lowest BCUT2D eigenvalue weighted by Gasteiger charge is -2.35. The van der Waals surface area contributed by atoms with Gasteiger partial charge in [-0.2, -0.15) is 0 Å². The van der Waals surface area contributed by atoms with Crippen molar-refractivity contribution in [3.8, 4) is 0 Å². The largest absolute Gasteiger partial charge is 0.300 e. The van der Waals surface area contributed by atoms with Crippen LogP contribution in [-0.4, -0.2) is 29.4 Å². The lowest BCUT2D eigenvalue weighted by molar-refractivity contribution is 0.144. The van der Waals surface area contributed by atoms with E-state index in [4.69, 9.17) is 0 Å². The Kier molecular flexibility index (Phi) is 2.24. The van der Waals surface area contributed by atoms with Crippen molar-refractivity contribution >= 4 is 15.9 Å². The van der Waals surface area contributed by atoms with Crippen LogP contribution in [0.3, 0.4) is 0 Å². The van der Waals surface area contributed by atoms with Crippen LogP contribution in [0.5, 0.6) is 0 Å². The highest BCUT2D eigenvalue weighted by atomic mass is 79.9. The zero-order chi connectivity index (χ0) is 7.84. The first-order chi connectivity index (χ1) is 5.31. The molecule has 1 nitrogen and oxygen atoms in total. The van der Waals surface area contributed by atoms with Gasteiger partial charge in [0.2, 0.25) is 0 Å². The van der Waals surface area contributed by atoms with E-state index in [0.717, 1.165) is 18.0 Å². The average Bonchev–Trinajstić information content (AvgIpc) is 2.26. The summed E-state index contributed by atoms with van der Waals surface area (Å²) in [4.78, 5) is 2.60. The van der Waals surface area contributed by atoms with Gasteiger partial charge in [-0.15, -0.1) is 0 Å². The summed E-state index contributed by atoms with van der Waals surface area (Å²) >= 11 is 3.60. The Morgan fingerprint density at radius 3 is 2.27 bits per heavy atom. The standard InChI is InChI=1S/C9H16BrN/c1-11-8-2-3-9(11)5-7(4-8)6-10/h7-9H,2-6H2,1H3. The number of hydrogen-bond donors (Lipinski definition) is 0. The van der Waals surface area contributed by atoms with Crippen molar-refractivity contribution in [2.75, 3.05) is 12.4 Å². The highest BCUT2D eigenvalue weighted by molar-refractivity contribution is 9.09. The predicted octanol–water partition coefficient (Wildman–Crippen LogP) is 2.25. The van der Waals surface area contributed by atoms with E-state index in [2.05, 4.69) is 27.9 Å². The molecular weight excluding hydrogens is 202 g/mol. The Morgan fingerprint density at radius 2 is 1.82 bits per heavy atom. The second kappa shape index (κ2) is 3.06. The van der Waals surface area contributed by atoms with Gasteiger partial charge in [-0.3, -0.25) is 0 Å². The maximum Gasteiger partial charge on any atom is 0.00986 e. The predicted molar refractivity (Wildman–Crippen MR) is 51.1 cm³/mol. The maximum absolute atomic E-state index is 3.60.